The molecule has 0 amide bonds. The van der Waals surface area contributed by atoms with Gasteiger partial charge in [0.2, 0.25) is 0 Å². The van der Waals surface area contributed by atoms with Gasteiger partial charge in [0.1, 0.15) is 5.75 Å². The normalized spacial score (nSPS) is 27.1. The van der Waals surface area contributed by atoms with Crippen LogP contribution in [0.1, 0.15) is 43.2 Å². The quantitative estimate of drug-likeness (QED) is 0.717. The molecule has 2 aromatic carbocycles. The zero-order chi connectivity index (χ0) is 19.4. The van der Waals surface area contributed by atoms with Gasteiger partial charge in [-0.2, -0.15) is 5.26 Å². The van der Waals surface area contributed by atoms with Crippen molar-refractivity contribution in [1.29, 1.82) is 5.26 Å². The van der Waals surface area contributed by atoms with Crippen molar-refractivity contribution in [2.24, 2.45) is 5.92 Å². The molecule has 0 N–H and O–H groups in total. The van der Waals surface area contributed by atoms with Gasteiger partial charge in [-0.15, -0.1) is 0 Å². The van der Waals surface area contributed by atoms with Crippen molar-refractivity contribution in [1.82, 2.24) is 4.90 Å². The van der Waals surface area contributed by atoms with Crippen molar-refractivity contribution in [2.75, 3.05) is 20.2 Å². The lowest BCUT2D eigenvalue weighted by Gasteiger charge is -2.56. The second-order valence-electron chi connectivity index (χ2n) is 8.34. The number of rotatable bonds is 6. The van der Waals surface area contributed by atoms with Gasteiger partial charge in [0, 0.05) is 24.4 Å². The molecule has 1 aliphatic heterocycles. The molecule has 1 saturated heterocycles. The van der Waals surface area contributed by atoms with E-state index < -0.39 is 0 Å². The second kappa shape index (κ2) is 8.37. The smallest absolute Gasteiger partial charge is 0.119 e. The van der Waals surface area contributed by atoms with Crippen LogP contribution in [0.2, 0.25) is 0 Å². The van der Waals surface area contributed by atoms with E-state index in [0.29, 0.717) is 18.4 Å². The Balaban J connectivity index is 1.59. The molecular formula is C25H30N2O. The van der Waals surface area contributed by atoms with E-state index in [4.69, 9.17) is 4.74 Å². The summed E-state index contributed by atoms with van der Waals surface area (Å²) < 4.78 is 5.51. The number of hydrogen-bond donors (Lipinski definition) is 0. The van der Waals surface area contributed by atoms with Crippen LogP contribution in [0.5, 0.6) is 5.75 Å². The van der Waals surface area contributed by atoms with Gasteiger partial charge in [-0.3, -0.25) is 4.90 Å². The molecule has 2 fully saturated rings. The third-order valence-electron chi connectivity index (χ3n) is 7.10. The van der Waals surface area contributed by atoms with E-state index in [0.717, 1.165) is 31.7 Å². The number of methoxy groups -OCH3 is 1. The molecule has 2 bridgehead atoms. The number of nitriles is 1. The van der Waals surface area contributed by atoms with E-state index in [1.54, 1.807) is 7.11 Å². The molecule has 1 saturated carbocycles. The predicted octanol–water partition coefficient (Wildman–Crippen LogP) is 4.96. The molecule has 0 radical (unpaired) electrons. The number of ether oxygens (including phenoxy) is 1. The van der Waals surface area contributed by atoms with Gasteiger partial charge in [-0.1, -0.05) is 48.9 Å². The lowest BCUT2D eigenvalue weighted by Crippen LogP contribution is -2.58. The van der Waals surface area contributed by atoms with Gasteiger partial charge in [0.15, 0.2) is 0 Å². The highest BCUT2D eigenvalue weighted by Gasteiger charge is 2.51. The topological polar surface area (TPSA) is 36.3 Å². The number of benzene rings is 2. The Labute approximate surface area is 168 Å². The minimum absolute atomic E-state index is 0.121. The zero-order valence-corrected chi connectivity index (χ0v) is 16.8. The molecule has 1 aliphatic carbocycles. The first-order valence-electron chi connectivity index (χ1n) is 10.6. The van der Waals surface area contributed by atoms with Gasteiger partial charge in [-0.05, 0) is 61.4 Å². The fraction of sp³-hybridized carbons (Fsp3) is 0.480. The number of nitrogens with zero attached hydrogens (tertiary/aromatic N) is 2. The van der Waals surface area contributed by atoms with Gasteiger partial charge < -0.3 is 4.74 Å². The molecule has 2 aromatic rings. The standard InChI is InChI=1S/C25H30N2O/c1-28-22-10-5-9-21(19-22)25-14-6-11-24(23(25)12-16-26)27(18-15-25)17-13-20-7-3-2-4-8-20/h2-5,7-10,19,23-24H,6,11-15,17-18H2,1H3/t23-,24-,25-/m1/s1. The molecule has 3 nitrogen and oxygen atoms in total. The molecular weight excluding hydrogens is 344 g/mol. The highest BCUT2D eigenvalue weighted by molar-refractivity contribution is 5.36. The average molecular weight is 375 g/mol. The largest absolute Gasteiger partial charge is 0.497 e. The van der Waals surface area contributed by atoms with Crippen molar-refractivity contribution in [3.05, 3.63) is 65.7 Å². The van der Waals surface area contributed by atoms with Crippen LogP contribution >= 0.6 is 0 Å². The highest BCUT2D eigenvalue weighted by atomic mass is 16.5. The Kier molecular flexibility index (Phi) is 5.69. The van der Waals surface area contributed by atoms with Crippen LogP contribution < -0.4 is 4.74 Å². The van der Waals surface area contributed by atoms with Crippen LogP contribution in [0.3, 0.4) is 0 Å². The maximum atomic E-state index is 9.64. The van der Waals surface area contributed by atoms with Crippen LogP contribution in [0.15, 0.2) is 54.6 Å². The van der Waals surface area contributed by atoms with E-state index >= 15 is 0 Å². The summed E-state index contributed by atoms with van der Waals surface area (Å²) in [6, 6.07) is 22.4. The third-order valence-corrected chi connectivity index (χ3v) is 7.10. The van der Waals surface area contributed by atoms with Crippen LogP contribution in [-0.4, -0.2) is 31.1 Å². The van der Waals surface area contributed by atoms with Crippen molar-refractivity contribution in [2.45, 2.75) is 50.0 Å². The van der Waals surface area contributed by atoms with E-state index in [2.05, 4.69) is 59.5 Å². The molecule has 2 aliphatic rings. The Hall–Kier alpha value is -2.31. The van der Waals surface area contributed by atoms with Crippen LogP contribution in [-0.2, 0) is 11.8 Å². The number of fused-ring (bicyclic) bond motifs is 2. The number of likely N-dealkylation sites (tertiary alicyclic amines) is 1. The summed E-state index contributed by atoms with van der Waals surface area (Å²) in [6.45, 7) is 2.21. The molecule has 1 heterocycles. The predicted molar refractivity (Wildman–Crippen MR) is 112 cm³/mol. The minimum atomic E-state index is 0.121. The average Bonchev–Trinajstić information content (AvgIpc) is 2.74. The van der Waals surface area contributed by atoms with Crippen molar-refractivity contribution >= 4 is 0 Å². The van der Waals surface area contributed by atoms with Crippen LogP contribution in [0.25, 0.3) is 0 Å². The summed E-state index contributed by atoms with van der Waals surface area (Å²) in [5, 5.41) is 9.64. The van der Waals surface area contributed by atoms with E-state index in [-0.39, 0.29) is 5.41 Å². The zero-order valence-electron chi connectivity index (χ0n) is 16.8. The molecule has 3 atom stereocenters. The molecule has 146 valence electrons. The lowest BCUT2D eigenvalue weighted by molar-refractivity contribution is -0.00931. The van der Waals surface area contributed by atoms with Gasteiger partial charge in [0.05, 0.1) is 13.2 Å². The van der Waals surface area contributed by atoms with E-state index in [9.17, 15) is 5.26 Å². The molecule has 0 aromatic heterocycles. The Morgan fingerprint density at radius 2 is 2.00 bits per heavy atom. The summed E-state index contributed by atoms with van der Waals surface area (Å²) in [7, 11) is 1.74. The maximum Gasteiger partial charge on any atom is 0.119 e. The van der Waals surface area contributed by atoms with Crippen molar-refractivity contribution < 1.29 is 4.74 Å². The van der Waals surface area contributed by atoms with Crippen LogP contribution in [0.4, 0.5) is 0 Å². The first kappa shape index (κ1) is 19.0. The number of hydrogen-bond acceptors (Lipinski definition) is 3. The Bertz CT molecular complexity index is 828. The molecule has 0 spiro atoms. The molecule has 0 unspecified atom stereocenters. The first-order chi connectivity index (χ1) is 13.8. The highest BCUT2D eigenvalue weighted by Crippen LogP contribution is 2.52. The third kappa shape index (κ3) is 3.54. The number of piperidine rings is 1. The van der Waals surface area contributed by atoms with Crippen LogP contribution in [0, 0.1) is 17.2 Å². The fourth-order valence-electron chi connectivity index (χ4n) is 5.70. The maximum absolute atomic E-state index is 9.64. The van der Waals surface area contributed by atoms with E-state index in [1.807, 2.05) is 6.07 Å². The Morgan fingerprint density at radius 1 is 1.14 bits per heavy atom. The summed E-state index contributed by atoms with van der Waals surface area (Å²) in [6.07, 6.45) is 6.51. The summed E-state index contributed by atoms with van der Waals surface area (Å²) in [4.78, 5) is 2.67. The summed E-state index contributed by atoms with van der Waals surface area (Å²) in [5.74, 6) is 1.33. The van der Waals surface area contributed by atoms with Gasteiger partial charge in [-0.25, -0.2) is 0 Å². The lowest BCUT2D eigenvalue weighted by atomic mass is 9.56. The SMILES string of the molecule is COc1cccc([C@]23CCC[C@H]([C@H]2CC#N)N(CCc2ccccc2)CC3)c1. The molecule has 4 rings (SSSR count). The summed E-state index contributed by atoms with van der Waals surface area (Å²) in [5.41, 5.74) is 2.90. The minimum Gasteiger partial charge on any atom is -0.497 e. The second-order valence-corrected chi connectivity index (χ2v) is 8.34. The van der Waals surface area contributed by atoms with Gasteiger partial charge in [0.25, 0.3) is 0 Å². The fourth-order valence-corrected chi connectivity index (χ4v) is 5.70. The summed E-state index contributed by atoms with van der Waals surface area (Å²) >= 11 is 0. The monoisotopic (exact) mass is 374 g/mol. The first-order valence-corrected chi connectivity index (χ1v) is 10.6. The molecule has 28 heavy (non-hydrogen) atoms. The van der Waals surface area contributed by atoms with E-state index in [1.165, 1.54) is 30.4 Å². The van der Waals surface area contributed by atoms with Crippen molar-refractivity contribution in [3.63, 3.8) is 0 Å². The van der Waals surface area contributed by atoms with Gasteiger partial charge >= 0.3 is 0 Å². The van der Waals surface area contributed by atoms with Crippen molar-refractivity contribution in [3.8, 4) is 11.8 Å². The molecule has 3 heteroatoms. The Morgan fingerprint density at radius 3 is 2.79 bits per heavy atom.